The number of carbonyl (C=O) groups excluding carboxylic acids is 1. The highest BCUT2D eigenvalue weighted by Gasteiger charge is 2.32. The first-order valence-corrected chi connectivity index (χ1v) is 10.0. The molecule has 24 heavy (non-hydrogen) atoms. The van der Waals surface area contributed by atoms with Crippen molar-refractivity contribution in [2.75, 3.05) is 32.7 Å². The highest BCUT2D eigenvalue weighted by Crippen LogP contribution is 2.24. The van der Waals surface area contributed by atoms with Crippen molar-refractivity contribution >= 4 is 27.5 Å². The minimum atomic E-state index is -3.51. The molecular formula is C16H22ClN3O3S. The van der Waals surface area contributed by atoms with Crippen LogP contribution in [0.1, 0.15) is 12.8 Å². The predicted molar refractivity (Wildman–Crippen MR) is 92.3 cm³/mol. The molecular weight excluding hydrogens is 350 g/mol. The molecule has 132 valence electrons. The van der Waals surface area contributed by atoms with Gasteiger partial charge in [0.15, 0.2) is 0 Å². The van der Waals surface area contributed by atoms with Gasteiger partial charge in [-0.3, -0.25) is 4.79 Å². The Hall–Kier alpha value is -1.15. The van der Waals surface area contributed by atoms with Crippen LogP contribution in [0.25, 0.3) is 0 Å². The van der Waals surface area contributed by atoms with Crippen molar-refractivity contribution < 1.29 is 13.2 Å². The molecule has 0 aromatic heterocycles. The van der Waals surface area contributed by atoms with Gasteiger partial charge >= 0.3 is 0 Å². The fourth-order valence-corrected chi connectivity index (χ4v) is 4.59. The van der Waals surface area contributed by atoms with Crippen LogP contribution in [0.2, 0.25) is 5.02 Å². The van der Waals surface area contributed by atoms with E-state index in [4.69, 9.17) is 11.6 Å². The van der Waals surface area contributed by atoms with Gasteiger partial charge in [-0.2, -0.15) is 4.31 Å². The van der Waals surface area contributed by atoms with Gasteiger partial charge in [0.2, 0.25) is 15.9 Å². The zero-order valence-corrected chi connectivity index (χ0v) is 14.9. The van der Waals surface area contributed by atoms with Crippen molar-refractivity contribution in [2.45, 2.75) is 17.7 Å². The van der Waals surface area contributed by atoms with E-state index >= 15 is 0 Å². The summed E-state index contributed by atoms with van der Waals surface area (Å²) in [6.07, 6.45) is 1.11. The number of nitrogens with one attached hydrogen (secondary N) is 2. The topological polar surface area (TPSA) is 78.5 Å². The molecule has 0 aliphatic carbocycles. The second-order valence-corrected chi connectivity index (χ2v) is 8.78. The van der Waals surface area contributed by atoms with Gasteiger partial charge in [-0.1, -0.05) is 11.6 Å². The molecule has 2 heterocycles. The fourth-order valence-electron chi connectivity index (χ4n) is 3.00. The average molecular weight is 372 g/mol. The van der Waals surface area contributed by atoms with Gasteiger partial charge in [-0.15, -0.1) is 0 Å². The number of rotatable bonds is 5. The highest BCUT2D eigenvalue weighted by atomic mass is 35.5. The molecule has 0 radical (unpaired) electrons. The van der Waals surface area contributed by atoms with Gasteiger partial charge in [0, 0.05) is 49.6 Å². The minimum absolute atomic E-state index is 0.0467. The summed E-state index contributed by atoms with van der Waals surface area (Å²) in [6, 6.07) is 6.18. The second-order valence-electron chi connectivity index (χ2n) is 6.40. The van der Waals surface area contributed by atoms with Crippen molar-refractivity contribution in [3.8, 4) is 0 Å². The second kappa shape index (κ2) is 7.39. The molecule has 1 aromatic rings. The summed E-state index contributed by atoms with van der Waals surface area (Å²) in [5.74, 6) is 0.472. The number of hydrogen-bond acceptors (Lipinski definition) is 4. The third kappa shape index (κ3) is 3.91. The van der Waals surface area contributed by atoms with Crippen LogP contribution in [0.4, 0.5) is 0 Å². The van der Waals surface area contributed by atoms with Crippen LogP contribution in [0.5, 0.6) is 0 Å². The maximum absolute atomic E-state index is 12.6. The van der Waals surface area contributed by atoms with Crippen LogP contribution >= 0.6 is 11.6 Å². The molecule has 0 atom stereocenters. The molecule has 0 saturated carbocycles. The first kappa shape index (κ1) is 17.7. The van der Waals surface area contributed by atoms with E-state index in [9.17, 15) is 13.2 Å². The maximum Gasteiger partial charge on any atom is 0.243 e. The van der Waals surface area contributed by atoms with Gasteiger partial charge in [0.1, 0.15) is 0 Å². The van der Waals surface area contributed by atoms with E-state index in [1.165, 1.54) is 16.4 Å². The first-order chi connectivity index (χ1) is 11.5. The van der Waals surface area contributed by atoms with Crippen LogP contribution in [0, 0.1) is 11.8 Å². The van der Waals surface area contributed by atoms with E-state index in [1.807, 2.05) is 0 Å². The molecule has 1 amide bonds. The van der Waals surface area contributed by atoms with Gasteiger partial charge in [-0.25, -0.2) is 8.42 Å². The molecule has 2 fully saturated rings. The summed E-state index contributed by atoms with van der Waals surface area (Å²) in [5.41, 5.74) is 0. The maximum atomic E-state index is 12.6. The summed E-state index contributed by atoms with van der Waals surface area (Å²) < 4.78 is 26.7. The highest BCUT2D eigenvalue weighted by molar-refractivity contribution is 7.89. The third-order valence-corrected chi connectivity index (χ3v) is 6.87. The van der Waals surface area contributed by atoms with Crippen molar-refractivity contribution in [1.29, 1.82) is 0 Å². The normalized spacial score (nSPS) is 20.5. The van der Waals surface area contributed by atoms with Crippen LogP contribution < -0.4 is 10.6 Å². The summed E-state index contributed by atoms with van der Waals surface area (Å²) in [7, 11) is -3.51. The Balaban J connectivity index is 1.53. The number of piperidine rings is 1. The summed E-state index contributed by atoms with van der Waals surface area (Å²) in [4.78, 5) is 12.4. The Labute approximate surface area is 147 Å². The number of halogens is 1. The summed E-state index contributed by atoms with van der Waals surface area (Å²) in [5, 5.41) is 6.66. The lowest BCUT2D eigenvalue weighted by Crippen LogP contribution is -2.50. The van der Waals surface area contributed by atoms with Crippen molar-refractivity contribution in [2.24, 2.45) is 11.8 Å². The molecule has 1 aromatic carbocycles. The number of benzene rings is 1. The lowest BCUT2D eigenvalue weighted by atomic mass is 9.96. The summed E-state index contributed by atoms with van der Waals surface area (Å²) >= 11 is 5.81. The average Bonchev–Trinajstić information content (AvgIpc) is 2.54. The number of amides is 1. The van der Waals surface area contributed by atoms with E-state index in [2.05, 4.69) is 10.6 Å². The molecule has 2 aliphatic rings. The smallest absolute Gasteiger partial charge is 0.243 e. The van der Waals surface area contributed by atoms with Crippen molar-refractivity contribution in [3.05, 3.63) is 29.3 Å². The molecule has 0 unspecified atom stereocenters. The Morgan fingerprint density at radius 2 is 1.83 bits per heavy atom. The minimum Gasteiger partial charge on any atom is -0.355 e. The van der Waals surface area contributed by atoms with E-state index in [0.717, 1.165) is 13.1 Å². The lowest BCUT2D eigenvalue weighted by Gasteiger charge is -2.32. The Bertz CT molecular complexity index is 681. The lowest BCUT2D eigenvalue weighted by molar-refractivity contribution is -0.126. The largest absolute Gasteiger partial charge is 0.355 e. The van der Waals surface area contributed by atoms with Gasteiger partial charge in [-0.05, 0) is 37.1 Å². The van der Waals surface area contributed by atoms with Crippen LogP contribution in [-0.2, 0) is 14.8 Å². The van der Waals surface area contributed by atoms with Crippen molar-refractivity contribution in [1.82, 2.24) is 14.9 Å². The number of nitrogens with zero attached hydrogens (tertiary/aromatic N) is 1. The summed E-state index contributed by atoms with van der Waals surface area (Å²) in [6.45, 7) is 3.35. The number of hydrogen-bond donors (Lipinski definition) is 2. The molecule has 0 spiro atoms. The Morgan fingerprint density at radius 3 is 2.38 bits per heavy atom. The van der Waals surface area contributed by atoms with Crippen LogP contribution in [-0.4, -0.2) is 51.4 Å². The van der Waals surface area contributed by atoms with Gasteiger partial charge in [0.25, 0.3) is 0 Å². The molecule has 6 nitrogen and oxygen atoms in total. The van der Waals surface area contributed by atoms with E-state index < -0.39 is 10.0 Å². The third-order valence-electron chi connectivity index (χ3n) is 4.71. The molecule has 3 rings (SSSR count). The number of sulfonamides is 1. The van der Waals surface area contributed by atoms with Crippen LogP contribution in [0.3, 0.4) is 0 Å². The Kier molecular flexibility index (Phi) is 5.44. The zero-order chi connectivity index (χ0) is 17.2. The molecule has 2 saturated heterocycles. The monoisotopic (exact) mass is 371 g/mol. The quantitative estimate of drug-likeness (QED) is 0.811. The number of carbonyl (C=O) groups is 1. The Morgan fingerprint density at radius 1 is 1.21 bits per heavy atom. The van der Waals surface area contributed by atoms with E-state index in [-0.39, 0.29) is 16.7 Å². The zero-order valence-electron chi connectivity index (χ0n) is 13.4. The van der Waals surface area contributed by atoms with Gasteiger partial charge < -0.3 is 10.6 Å². The molecule has 2 N–H and O–H groups in total. The first-order valence-electron chi connectivity index (χ1n) is 8.21. The van der Waals surface area contributed by atoms with Gasteiger partial charge in [0.05, 0.1) is 4.90 Å². The molecule has 8 heteroatoms. The SMILES string of the molecule is O=C(NCC1CNC1)C1CCN(S(=O)(=O)c2ccc(Cl)cc2)CC1. The van der Waals surface area contributed by atoms with E-state index in [0.29, 0.717) is 43.4 Å². The molecule has 0 bridgehead atoms. The fraction of sp³-hybridized carbons (Fsp3) is 0.562. The van der Waals surface area contributed by atoms with Crippen molar-refractivity contribution in [3.63, 3.8) is 0 Å². The predicted octanol–water partition coefficient (Wildman–Crippen LogP) is 1.08. The molecule has 2 aliphatic heterocycles. The standard InChI is InChI=1S/C16H22ClN3O3S/c17-14-1-3-15(4-2-14)24(22,23)20-7-5-13(6-8-20)16(21)19-11-12-9-18-10-12/h1-4,12-13,18H,5-11H2,(H,19,21). The van der Waals surface area contributed by atoms with Crippen LogP contribution in [0.15, 0.2) is 29.2 Å². The van der Waals surface area contributed by atoms with E-state index in [1.54, 1.807) is 12.1 Å².